The summed E-state index contributed by atoms with van der Waals surface area (Å²) in [6, 6.07) is 5.86. The van der Waals surface area contributed by atoms with Crippen LogP contribution in [-0.4, -0.2) is 43.0 Å². The number of nitrogens with zero attached hydrogens (tertiary/aromatic N) is 1. The van der Waals surface area contributed by atoms with E-state index in [1.165, 1.54) is 37.5 Å². The van der Waals surface area contributed by atoms with Crippen LogP contribution >= 0.6 is 0 Å². The molecule has 1 aliphatic heterocycles. The van der Waals surface area contributed by atoms with Gasteiger partial charge in [0, 0.05) is 31.2 Å². The number of para-hydroxylation sites is 1. The van der Waals surface area contributed by atoms with Gasteiger partial charge in [0.25, 0.3) is 0 Å². The summed E-state index contributed by atoms with van der Waals surface area (Å²) in [5.41, 5.74) is 0.264. The van der Waals surface area contributed by atoms with Crippen LogP contribution in [0.1, 0.15) is 31.7 Å². The van der Waals surface area contributed by atoms with E-state index in [4.69, 9.17) is 0 Å². The molecule has 0 bridgehead atoms. The molecule has 1 saturated heterocycles. The minimum absolute atomic E-state index is 0.0434. The van der Waals surface area contributed by atoms with Crippen LogP contribution in [-0.2, 0) is 6.54 Å². The monoisotopic (exact) mass is 359 g/mol. The minimum atomic E-state index is -4.76. The second-order valence-electron chi connectivity index (χ2n) is 6.15. The summed E-state index contributed by atoms with van der Waals surface area (Å²) in [6.45, 7) is 4.43. The fourth-order valence-electron chi connectivity index (χ4n) is 2.91. The van der Waals surface area contributed by atoms with Crippen molar-refractivity contribution in [2.75, 3.05) is 19.6 Å². The molecule has 2 rings (SSSR count). The predicted molar refractivity (Wildman–Crippen MR) is 88.2 cm³/mol. The smallest absolute Gasteiger partial charge is 0.405 e. The zero-order valence-corrected chi connectivity index (χ0v) is 14.2. The summed E-state index contributed by atoms with van der Waals surface area (Å²) in [6.07, 6.45) is -1.18. The summed E-state index contributed by atoms with van der Waals surface area (Å²) < 4.78 is 41.1. The van der Waals surface area contributed by atoms with Gasteiger partial charge in [0.2, 0.25) is 0 Å². The number of carbonyl (C=O) groups is 1. The van der Waals surface area contributed by atoms with Crippen molar-refractivity contribution in [1.82, 2.24) is 15.5 Å². The van der Waals surface area contributed by atoms with Crippen molar-refractivity contribution in [3.63, 3.8) is 0 Å². The average Bonchev–Trinajstić information content (AvgIpc) is 2.54. The number of rotatable bonds is 6. The number of halogens is 3. The molecule has 0 aliphatic carbocycles. The standard InChI is InChI=1S/C17H24F3N3O2/c1-13-6-4-5-10-23(13)11-9-21-16(24)22-12-14-7-2-3-8-15(14)25-17(18,19)20/h2-3,7-8,13H,4-6,9-12H2,1H3,(H2,21,22,24). The lowest BCUT2D eigenvalue weighted by Crippen LogP contribution is -2.44. The quantitative estimate of drug-likeness (QED) is 0.820. The predicted octanol–water partition coefficient (Wildman–Crippen LogP) is 3.26. The van der Waals surface area contributed by atoms with E-state index in [9.17, 15) is 18.0 Å². The van der Waals surface area contributed by atoms with E-state index in [0.717, 1.165) is 13.1 Å². The summed E-state index contributed by atoms with van der Waals surface area (Å²) >= 11 is 0. The largest absolute Gasteiger partial charge is 0.573 e. The Morgan fingerprint density at radius 2 is 2.04 bits per heavy atom. The number of alkyl halides is 3. The molecule has 5 nitrogen and oxygen atoms in total. The van der Waals surface area contributed by atoms with Crippen LogP contribution in [0, 0.1) is 0 Å². The molecule has 0 saturated carbocycles. The van der Waals surface area contributed by atoms with Crippen LogP contribution in [0.25, 0.3) is 0 Å². The zero-order chi connectivity index (χ0) is 18.3. The highest BCUT2D eigenvalue weighted by Crippen LogP contribution is 2.26. The Morgan fingerprint density at radius 3 is 2.76 bits per heavy atom. The molecule has 0 aromatic heterocycles. The summed E-state index contributed by atoms with van der Waals surface area (Å²) in [5.74, 6) is -0.308. The Morgan fingerprint density at radius 1 is 1.28 bits per heavy atom. The third kappa shape index (κ3) is 6.81. The molecule has 2 amide bonds. The third-order valence-corrected chi connectivity index (χ3v) is 4.26. The molecule has 1 aromatic carbocycles. The van der Waals surface area contributed by atoms with E-state index in [-0.39, 0.29) is 17.9 Å². The maximum absolute atomic E-state index is 12.4. The lowest BCUT2D eigenvalue weighted by molar-refractivity contribution is -0.274. The molecule has 1 aromatic rings. The first-order valence-electron chi connectivity index (χ1n) is 8.44. The van der Waals surface area contributed by atoms with Gasteiger partial charge in [0.15, 0.2) is 0 Å². The molecule has 1 heterocycles. The minimum Gasteiger partial charge on any atom is -0.405 e. The SMILES string of the molecule is CC1CCCCN1CCNC(=O)NCc1ccccc1OC(F)(F)F. The number of hydrogen-bond donors (Lipinski definition) is 2. The number of urea groups is 1. The van der Waals surface area contributed by atoms with Crippen molar-refractivity contribution in [2.24, 2.45) is 0 Å². The molecule has 1 fully saturated rings. The first-order chi connectivity index (χ1) is 11.8. The van der Waals surface area contributed by atoms with Crippen LogP contribution in [0.3, 0.4) is 0 Å². The fraction of sp³-hybridized carbons (Fsp3) is 0.588. The van der Waals surface area contributed by atoms with Gasteiger partial charge in [-0.15, -0.1) is 13.2 Å². The summed E-state index contributed by atoms with van der Waals surface area (Å²) in [4.78, 5) is 14.2. The molecule has 25 heavy (non-hydrogen) atoms. The Labute approximate surface area is 145 Å². The van der Waals surface area contributed by atoms with Gasteiger partial charge in [0.1, 0.15) is 5.75 Å². The topological polar surface area (TPSA) is 53.6 Å². The van der Waals surface area contributed by atoms with Crippen molar-refractivity contribution in [1.29, 1.82) is 0 Å². The Kier molecular flexibility index (Phi) is 6.92. The van der Waals surface area contributed by atoms with E-state index in [1.807, 2.05) is 0 Å². The van der Waals surface area contributed by atoms with Gasteiger partial charge in [0.05, 0.1) is 0 Å². The zero-order valence-electron chi connectivity index (χ0n) is 14.2. The Balaban J connectivity index is 1.74. The van der Waals surface area contributed by atoms with Crippen LogP contribution in [0.15, 0.2) is 24.3 Å². The summed E-state index contributed by atoms with van der Waals surface area (Å²) in [5, 5.41) is 5.29. The Bertz CT molecular complexity index is 566. The van der Waals surface area contributed by atoms with Crippen molar-refractivity contribution in [3.8, 4) is 5.75 Å². The maximum Gasteiger partial charge on any atom is 0.573 e. The molecule has 0 spiro atoms. The number of piperidine rings is 1. The van der Waals surface area contributed by atoms with Crippen LogP contribution in [0.2, 0.25) is 0 Å². The van der Waals surface area contributed by atoms with Gasteiger partial charge < -0.3 is 15.4 Å². The molecule has 1 unspecified atom stereocenters. The normalized spacial score (nSPS) is 18.6. The van der Waals surface area contributed by atoms with Gasteiger partial charge >= 0.3 is 12.4 Å². The van der Waals surface area contributed by atoms with Gasteiger partial charge in [-0.05, 0) is 32.4 Å². The number of ether oxygens (including phenoxy) is 1. The van der Waals surface area contributed by atoms with E-state index in [1.54, 1.807) is 6.07 Å². The van der Waals surface area contributed by atoms with Gasteiger partial charge in [-0.25, -0.2) is 4.79 Å². The van der Waals surface area contributed by atoms with Crippen molar-refractivity contribution >= 4 is 6.03 Å². The second kappa shape index (κ2) is 8.94. The van der Waals surface area contributed by atoms with Crippen molar-refractivity contribution in [3.05, 3.63) is 29.8 Å². The third-order valence-electron chi connectivity index (χ3n) is 4.26. The van der Waals surface area contributed by atoms with E-state index < -0.39 is 12.4 Å². The molecule has 140 valence electrons. The number of nitrogens with one attached hydrogen (secondary N) is 2. The highest BCUT2D eigenvalue weighted by Gasteiger charge is 2.32. The molecular weight excluding hydrogens is 335 g/mol. The first-order valence-corrected chi connectivity index (χ1v) is 8.44. The molecule has 8 heteroatoms. The highest BCUT2D eigenvalue weighted by molar-refractivity contribution is 5.73. The van der Waals surface area contributed by atoms with E-state index >= 15 is 0 Å². The molecule has 0 radical (unpaired) electrons. The van der Waals surface area contributed by atoms with E-state index in [0.29, 0.717) is 12.6 Å². The maximum atomic E-state index is 12.4. The molecule has 1 aliphatic rings. The number of hydrogen-bond acceptors (Lipinski definition) is 3. The van der Waals surface area contributed by atoms with E-state index in [2.05, 4.69) is 27.2 Å². The number of amides is 2. The average molecular weight is 359 g/mol. The van der Waals surface area contributed by atoms with Crippen molar-refractivity contribution in [2.45, 2.75) is 45.1 Å². The first kappa shape index (κ1) is 19.4. The highest BCUT2D eigenvalue weighted by atomic mass is 19.4. The number of carbonyl (C=O) groups excluding carboxylic acids is 1. The molecule has 2 N–H and O–H groups in total. The number of benzene rings is 1. The molecule has 1 atom stereocenters. The van der Waals surface area contributed by atoms with Gasteiger partial charge in [-0.1, -0.05) is 24.6 Å². The fourth-order valence-corrected chi connectivity index (χ4v) is 2.91. The van der Waals surface area contributed by atoms with Crippen LogP contribution in [0.4, 0.5) is 18.0 Å². The van der Waals surface area contributed by atoms with Gasteiger partial charge in [-0.3, -0.25) is 4.90 Å². The second-order valence-corrected chi connectivity index (χ2v) is 6.15. The molecular formula is C17H24F3N3O2. The Hall–Kier alpha value is -1.96. The lowest BCUT2D eigenvalue weighted by atomic mass is 10.0. The van der Waals surface area contributed by atoms with Crippen molar-refractivity contribution < 1.29 is 22.7 Å². The van der Waals surface area contributed by atoms with Crippen LogP contribution in [0.5, 0.6) is 5.75 Å². The van der Waals surface area contributed by atoms with Gasteiger partial charge in [-0.2, -0.15) is 0 Å². The van der Waals surface area contributed by atoms with Crippen LogP contribution < -0.4 is 15.4 Å². The summed E-state index contributed by atoms with van der Waals surface area (Å²) in [7, 11) is 0. The number of likely N-dealkylation sites (tertiary alicyclic amines) is 1. The lowest BCUT2D eigenvalue weighted by Gasteiger charge is -2.33.